The van der Waals surface area contributed by atoms with E-state index in [0.29, 0.717) is 25.7 Å². The van der Waals surface area contributed by atoms with Crippen LogP contribution in [0.4, 0.5) is 5.82 Å². The molecular weight excluding hydrogens is 973 g/mol. The van der Waals surface area contributed by atoms with E-state index < -0.39 is 89.8 Å². The Kier molecular flexibility index (Phi) is 34.4. The summed E-state index contributed by atoms with van der Waals surface area (Å²) in [6.45, 7) is 4.30. The number of carbonyl (C=O) groups excluding carboxylic acids is 2. The van der Waals surface area contributed by atoms with Crippen molar-refractivity contribution in [3.8, 4) is 0 Å². The smallest absolute Gasteiger partial charge is 0.462 e. The number of carbonyl (C=O) groups is 2. The Morgan fingerprint density at radius 1 is 0.778 bits per heavy atom. The van der Waals surface area contributed by atoms with Crippen LogP contribution in [0.25, 0.3) is 0 Å². The first-order chi connectivity index (χ1) is 34.4. The van der Waals surface area contributed by atoms with Crippen LogP contribution in [-0.2, 0) is 46.3 Å². The van der Waals surface area contributed by atoms with Crippen molar-refractivity contribution >= 4 is 33.4 Å². The van der Waals surface area contributed by atoms with Crippen molar-refractivity contribution in [3.63, 3.8) is 0 Å². The number of nitrogens with zero attached hydrogens (tertiary/aromatic N) is 2. The summed E-state index contributed by atoms with van der Waals surface area (Å²) in [4.78, 5) is 61.9. The molecule has 3 unspecified atom stereocenters. The Morgan fingerprint density at radius 2 is 1.39 bits per heavy atom. The topological polar surface area (TPSA) is 286 Å². The Balaban J connectivity index is 1.84. The van der Waals surface area contributed by atoms with E-state index in [1.807, 2.05) is 18.2 Å². The second-order valence-corrected chi connectivity index (χ2v) is 21.7. The molecule has 1 aliphatic rings. The zero-order valence-corrected chi connectivity index (χ0v) is 44.8. The number of unbranched alkanes of at least 4 members (excludes halogenated alkanes) is 16. The quantitative estimate of drug-likeness (QED) is 0.0117. The lowest BCUT2D eigenvalue weighted by molar-refractivity contribution is -0.161. The van der Waals surface area contributed by atoms with Crippen molar-refractivity contribution in [1.82, 2.24) is 9.55 Å². The number of hydrogen-bond acceptors (Lipinski definition) is 16. The molecule has 2 rings (SSSR count). The summed E-state index contributed by atoms with van der Waals surface area (Å²) in [5, 5.41) is 31.1. The Bertz CT molecular complexity index is 1930. The maximum Gasteiger partial charge on any atom is 0.481 e. The van der Waals surface area contributed by atoms with Crippen LogP contribution in [0.1, 0.15) is 181 Å². The van der Waals surface area contributed by atoms with Gasteiger partial charge in [0.2, 0.25) is 0 Å². The molecule has 0 bridgehead atoms. The number of aliphatic hydroxyl groups excluding tert-OH is 3. The highest BCUT2D eigenvalue weighted by Gasteiger charge is 2.46. The molecule has 1 fully saturated rings. The highest BCUT2D eigenvalue weighted by Crippen LogP contribution is 2.60. The molecule has 1 aliphatic heterocycles. The third-order valence-corrected chi connectivity index (χ3v) is 14.3. The van der Waals surface area contributed by atoms with E-state index in [9.17, 15) is 48.6 Å². The third kappa shape index (κ3) is 31.4. The van der Waals surface area contributed by atoms with Gasteiger partial charge in [0.1, 0.15) is 30.7 Å². The van der Waals surface area contributed by atoms with Crippen molar-refractivity contribution in [2.45, 2.75) is 212 Å². The van der Waals surface area contributed by atoms with Crippen LogP contribution in [0.15, 0.2) is 65.7 Å². The number of aliphatic hydroxyl groups is 3. The summed E-state index contributed by atoms with van der Waals surface area (Å²) in [7, 11) is -10.9. The van der Waals surface area contributed by atoms with Crippen LogP contribution in [0.2, 0.25) is 0 Å². The summed E-state index contributed by atoms with van der Waals surface area (Å²) in [5.74, 6) is -0.654. The van der Waals surface area contributed by atoms with Gasteiger partial charge in [-0.05, 0) is 56.9 Å². The van der Waals surface area contributed by atoms with Gasteiger partial charge in [-0.3, -0.25) is 23.2 Å². The van der Waals surface area contributed by atoms with Crippen LogP contribution < -0.4 is 11.4 Å². The van der Waals surface area contributed by atoms with E-state index in [0.717, 1.165) is 55.2 Å². The predicted molar refractivity (Wildman–Crippen MR) is 276 cm³/mol. The molecule has 0 radical (unpaired) electrons. The number of ether oxygens (including phenoxy) is 3. The molecule has 0 amide bonds. The minimum atomic E-state index is -5.45. The molecule has 0 saturated carbocycles. The fraction of sp³-hybridized carbons (Fsp3) is 0.725. The van der Waals surface area contributed by atoms with Crippen molar-refractivity contribution in [2.24, 2.45) is 5.92 Å². The second-order valence-electron chi connectivity index (χ2n) is 18.7. The number of nitrogen functional groups attached to an aromatic ring is 1. The molecule has 7 N–H and O–H groups in total. The molecule has 1 aromatic heterocycles. The Morgan fingerprint density at radius 3 is 2.04 bits per heavy atom. The molecule has 8 atom stereocenters. The molecule has 1 saturated heterocycles. The molecule has 21 heteroatoms. The van der Waals surface area contributed by atoms with Gasteiger partial charge in [-0.15, -0.1) is 0 Å². The molecule has 0 aliphatic carbocycles. The van der Waals surface area contributed by atoms with Crippen molar-refractivity contribution in [2.75, 3.05) is 25.6 Å². The molecule has 1 aromatic rings. The number of anilines is 1. The number of allylic oxidation sites excluding steroid dienone is 6. The molecule has 2 heterocycles. The van der Waals surface area contributed by atoms with Crippen LogP contribution in [0, 0.1) is 5.92 Å². The van der Waals surface area contributed by atoms with E-state index in [-0.39, 0.29) is 18.7 Å². The average Bonchev–Trinajstić information content (AvgIpc) is 3.60. The van der Waals surface area contributed by atoms with E-state index in [1.54, 1.807) is 18.2 Å². The third-order valence-electron chi connectivity index (χ3n) is 11.7. The number of phosphoric acid groups is 2. The normalized spacial score (nSPS) is 20.0. The van der Waals surface area contributed by atoms with Gasteiger partial charge in [0.25, 0.3) is 0 Å². The zero-order valence-electron chi connectivity index (χ0n) is 43.0. The molecule has 72 heavy (non-hydrogen) atoms. The number of phosphoric ester groups is 2. The number of rotatable bonds is 42. The zero-order chi connectivity index (χ0) is 53.0. The lowest BCUT2D eigenvalue weighted by Gasteiger charge is -2.21. The van der Waals surface area contributed by atoms with E-state index >= 15 is 0 Å². The summed E-state index contributed by atoms with van der Waals surface area (Å²) in [6.07, 6.45) is 30.8. The van der Waals surface area contributed by atoms with E-state index in [2.05, 4.69) is 42.2 Å². The predicted octanol–water partition coefficient (Wildman–Crippen LogP) is 9.77. The van der Waals surface area contributed by atoms with Gasteiger partial charge < -0.3 is 45.1 Å². The monoisotopic (exact) mass is 1060 g/mol. The van der Waals surface area contributed by atoms with Gasteiger partial charge in [-0.2, -0.15) is 9.29 Å². The largest absolute Gasteiger partial charge is 0.481 e. The summed E-state index contributed by atoms with van der Waals surface area (Å²) in [6, 6.07) is 1.24. The maximum atomic E-state index is 12.9. The highest BCUT2D eigenvalue weighted by molar-refractivity contribution is 7.61. The first kappa shape index (κ1) is 64.8. The summed E-state index contributed by atoms with van der Waals surface area (Å²) >= 11 is 0. The van der Waals surface area contributed by atoms with Crippen molar-refractivity contribution < 1.29 is 71.4 Å². The van der Waals surface area contributed by atoms with E-state index in [1.165, 1.54) is 83.1 Å². The molecular formula is C51H87N3O16P2. The van der Waals surface area contributed by atoms with Crippen LogP contribution in [0.3, 0.4) is 0 Å². The lowest BCUT2D eigenvalue weighted by Crippen LogP contribution is -2.36. The van der Waals surface area contributed by atoms with Crippen LogP contribution in [-0.4, -0.2) is 96.9 Å². The summed E-state index contributed by atoms with van der Waals surface area (Å²) in [5.41, 5.74) is 4.58. The van der Waals surface area contributed by atoms with Gasteiger partial charge in [0, 0.05) is 19.0 Å². The minimum Gasteiger partial charge on any atom is -0.462 e. The standard InChI is InChI=1S/C51H87N3O16P2/c1-4-5-6-7-8-14-18-22-27-32-42(55)33-28-23-20-25-29-34-46(56)65-38-43(68-47(57)35-30-24-19-16-13-11-9-10-12-15-17-21-26-31-41(2)3)39-66-71(61,62)70-72(63,64)67-40-44-48(58)49(59)50(69-44)54-37-36-45(52)53-51(54)60/h8,14,20,22-23,27-28,33,36-37,41-44,48-50,55,58-59H,4-7,9-13,15-19,21,24-26,29-32,34-35,38-40H2,1-3H3,(H,61,62)(H,63,64)(H2,52,53,60)/b14-8-,23-20+,27-22-,33-28-/t42?,43-,44-,48-,49-,50-/m1/s1. The highest BCUT2D eigenvalue weighted by atomic mass is 31.3. The first-order valence-electron chi connectivity index (χ1n) is 26.1. The minimum absolute atomic E-state index is 0.00790. The molecule has 0 aromatic carbocycles. The first-order valence-corrected chi connectivity index (χ1v) is 29.1. The SMILES string of the molecule is CCCCC/C=C\C/C=C\CC(O)/C=C\C=C\CCCC(=O)OC[C@H](COP(=O)(O)OP(=O)(O)OC[C@H]1O[C@@H](n2ccc(N)nc2=O)[C@H](O)[C@@H]1O)OC(=O)CCCCCCCCCCCCCCCC(C)C. The lowest BCUT2D eigenvalue weighted by atomic mass is 10.0. The van der Waals surface area contributed by atoms with Gasteiger partial charge in [-0.1, -0.05) is 166 Å². The molecule has 19 nitrogen and oxygen atoms in total. The number of nitrogens with two attached hydrogens (primary N) is 1. The van der Waals surface area contributed by atoms with Gasteiger partial charge >= 0.3 is 33.3 Å². The maximum absolute atomic E-state index is 12.9. The Hall–Kier alpha value is -3.32. The van der Waals surface area contributed by atoms with Gasteiger partial charge in [0.05, 0.1) is 19.3 Å². The van der Waals surface area contributed by atoms with Crippen molar-refractivity contribution in [3.05, 3.63) is 71.4 Å². The fourth-order valence-electron chi connectivity index (χ4n) is 7.57. The van der Waals surface area contributed by atoms with Gasteiger partial charge in [-0.25, -0.2) is 13.9 Å². The number of hydrogen-bond donors (Lipinski definition) is 6. The summed E-state index contributed by atoms with van der Waals surface area (Å²) < 4.78 is 56.7. The van der Waals surface area contributed by atoms with Crippen LogP contribution >= 0.6 is 15.6 Å². The van der Waals surface area contributed by atoms with Crippen molar-refractivity contribution in [1.29, 1.82) is 0 Å². The molecule has 0 spiro atoms. The van der Waals surface area contributed by atoms with Crippen LogP contribution in [0.5, 0.6) is 0 Å². The van der Waals surface area contributed by atoms with E-state index in [4.69, 9.17) is 29.0 Å². The fourth-order valence-corrected chi connectivity index (χ4v) is 9.68. The second kappa shape index (κ2) is 38.3. The number of esters is 2. The van der Waals surface area contributed by atoms with Gasteiger partial charge in [0.15, 0.2) is 12.3 Å². The average molecular weight is 1060 g/mol. The number of aromatic nitrogens is 2. The Labute approximate surface area is 427 Å². The molecule has 412 valence electrons.